The number of esters is 1. The predicted molar refractivity (Wildman–Crippen MR) is 180 cm³/mol. The van der Waals surface area contributed by atoms with Gasteiger partial charge in [-0.15, -0.1) is 0 Å². The van der Waals surface area contributed by atoms with Crippen LogP contribution in [0.4, 0.5) is 4.39 Å². The van der Waals surface area contributed by atoms with E-state index in [2.05, 4.69) is 148 Å². The minimum absolute atomic E-state index is 0.758. The molecule has 0 radical (unpaired) electrons. The van der Waals surface area contributed by atoms with Gasteiger partial charge in [0.15, 0.2) is 6.17 Å². The van der Waals surface area contributed by atoms with Crippen molar-refractivity contribution in [1.82, 2.24) is 5.32 Å². The summed E-state index contributed by atoms with van der Waals surface area (Å²) in [6.07, 6.45) is 0.916. The van der Waals surface area contributed by atoms with Crippen molar-refractivity contribution in [2.75, 3.05) is 32.5 Å². The number of nitrogens with one attached hydrogen (secondary N) is 1. The molecular formula is C33H40ClFNO3P2Ru+3. The Labute approximate surface area is 266 Å². The van der Waals surface area contributed by atoms with Crippen molar-refractivity contribution in [3.63, 3.8) is 0 Å². The number of benzene rings is 4. The summed E-state index contributed by atoms with van der Waals surface area (Å²) < 4.78 is 15.6. The first kappa shape index (κ1) is 37.7. The van der Waals surface area contributed by atoms with Crippen molar-refractivity contribution < 1.29 is 36.0 Å². The molecule has 0 aliphatic carbocycles. The predicted octanol–water partition coefficient (Wildman–Crippen LogP) is 4.97. The Morgan fingerprint density at radius 1 is 0.714 bits per heavy atom. The van der Waals surface area contributed by atoms with Crippen LogP contribution in [0.1, 0.15) is 6.92 Å². The molecule has 4 rings (SSSR count). The van der Waals surface area contributed by atoms with E-state index in [0.717, 1.165) is 27.1 Å². The molecule has 0 amide bonds. The standard InChI is InChI=1S/C28H29NP2.C4H7FO2.CHO.ClH.Ru.H/c1-5-13-25(14-6-1)30(26-15-7-2-8-16-26)23-21-29-22-24-31(27-17-9-3-10-18-27)28-19-11-4-12-20-28;1-3(5)4(6)7-2;1-2;;;/h1-20,29H,21-24H2;3H,1-2H3;1H;1H;;/q;;-1;;+3;/p+1. The van der Waals surface area contributed by atoms with Crippen LogP contribution in [-0.2, 0) is 31.6 Å². The summed E-state index contributed by atoms with van der Waals surface area (Å²) in [5.74, 6) is -0.819. The summed E-state index contributed by atoms with van der Waals surface area (Å²) in [4.78, 5) is 17.7. The maximum atomic E-state index is 11.6. The van der Waals surface area contributed by atoms with E-state index in [1.54, 1.807) is 17.3 Å². The number of carbonyl (C=O) groups is 1. The van der Waals surface area contributed by atoms with Gasteiger partial charge >= 0.3 is 33.0 Å². The first-order valence-electron chi connectivity index (χ1n) is 13.3. The van der Waals surface area contributed by atoms with Gasteiger partial charge in [0.25, 0.3) is 0 Å². The van der Waals surface area contributed by atoms with Gasteiger partial charge in [-0.1, -0.05) is 72.8 Å². The third kappa shape index (κ3) is 14.2. The Morgan fingerprint density at radius 3 is 1.17 bits per heavy atom. The molecule has 1 N–H and O–H groups in total. The van der Waals surface area contributed by atoms with E-state index in [1.807, 2.05) is 0 Å². The summed E-state index contributed by atoms with van der Waals surface area (Å²) in [5, 5.41) is 9.77. The van der Waals surface area contributed by atoms with Crippen molar-refractivity contribution in [2.45, 2.75) is 13.1 Å². The van der Waals surface area contributed by atoms with E-state index in [-0.39, 0.29) is 0 Å². The molecule has 4 aromatic carbocycles. The zero-order valence-electron chi connectivity index (χ0n) is 23.9. The Morgan fingerprint density at radius 2 is 0.976 bits per heavy atom. The second kappa shape index (κ2) is 24.2. The molecule has 0 aliphatic rings. The number of hydrogen-bond donors (Lipinski definition) is 1. The monoisotopic (exact) mass is 716 g/mol. The minimum Gasteiger partial charge on any atom is -0.310 e. The van der Waals surface area contributed by atoms with Crippen LogP contribution in [0.15, 0.2) is 121 Å². The summed E-state index contributed by atoms with van der Waals surface area (Å²) in [6, 6.07) is 44.2. The largest absolute Gasteiger partial charge is 0.310 e. The average Bonchev–Trinajstić information content (AvgIpc) is 3.08. The Balaban J connectivity index is 0.000000696. The fourth-order valence-electron chi connectivity index (χ4n) is 4.18. The van der Waals surface area contributed by atoms with Crippen molar-refractivity contribution >= 4 is 59.5 Å². The van der Waals surface area contributed by atoms with Gasteiger partial charge in [-0.3, -0.25) is 6.79 Å². The summed E-state index contributed by atoms with van der Waals surface area (Å²) in [7, 11) is 4.24. The summed E-state index contributed by atoms with van der Waals surface area (Å²) in [5.41, 5.74) is 0. The Bertz CT molecular complexity index is 1050. The number of carbonyl (C=O) groups excluding carboxylic acids is 2. The summed E-state index contributed by atoms with van der Waals surface area (Å²) >= 11 is 1.62. The molecule has 1 atom stereocenters. The van der Waals surface area contributed by atoms with Gasteiger partial charge in [-0.2, -0.15) is 0 Å². The smallest absolute Gasteiger partial charge is 0.0967 e. The molecule has 0 fully saturated rings. The topological polar surface area (TPSA) is 55.4 Å². The molecule has 9 heteroatoms. The van der Waals surface area contributed by atoms with Crippen molar-refractivity contribution in [3.8, 4) is 0 Å². The maximum absolute atomic E-state index is 11.6. The molecule has 0 bridgehead atoms. The van der Waals surface area contributed by atoms with Crippen molar-refractivity contribution in [2.24, 2.45) is 0 Å². The molecular weight excluding hydrogens is 676 g/mol. The van der Waals surface area contributed by atoms with Crippen LogP contribution in [0.3, 0.4) is 0 Å². The normalized spacial score (nSPS) is 10.6. The van der Waals surface area contributed by atoms with Gasteiger partial charge in [-0.05, 0) is 55.5 Å². The molecule has 224 valence electrons. The van der Waals surface area contributed by atoms with Crippen LogP contribution in [0, 0.1) is 0 Å². The van der Waals surface area contributed by atoms with E-state index < -0.39 is 28.0 Å². The zero-order valence-corrected chi connectivity index (χ0v) is 28.5. The van der Waals surface area contributed by atoms with Gasteiger partial charge in [0.1, 0.15) is 0 Å². The number of methoxy groups -OCH3 is 1. The quantitative estimate of drug-likeness (QED) is 0.0596. The number of halogens is 2. The fraction of sp³-hybridized carbons (Fsp3) is 0.212. The number of ether oxygens (including phenoxy) is 1. The van der Waals surface area contributed by atoms with Crippen LogP contribution in [0.25, 0.3) is 0 Å². The van der Waals surface area contributed by atoms with E-state index in [1.165, 1.54) is 33.5 Å². The fourth-order valence-corrected chi connectivity index (χ4v) is 9.24. The molecule has 42 heavy (non-hydrogen) atoms. The minimum atomic E-state index is -1.50. The molecule has 0 spiro atoms. The maximum Gasteiger partial charge on any atom is 0.0967 e. The average molecular weight is 716 g/mol. The van der Waals surface area contributed by atoms with Crippen LogP contribution in [-0.4, -0.2) is 51.5 Å². The van der Waals surface area contributed by atoms with E-state index >= 15 is 0 Å². The van der Waals surface area contributed by atoms with Crippen LogP contribution in [0.5, 0.6) is 0 Å². The van der Waals surface area contributed by atoms with Gasteiger partial charge in [0, 0.05) is 13.1 Å². The molecule has 0 aromatic heterocycles. The SMILES string of the molecule is COC(=O)C(C)F.[CH-]=O.[Cl][RuH+2].c1ccc([PH+](CCNCC[PH+](c2ccccc2)c2ccccc2)c2ccccc2)cc1. The zero-order chi connectivity index (χ0) is 31.0. The van der Waals surface area contributed by atoms with Gasteiger partial charge in [-0.25, -0.2) is 9.18 Å². The van der Waals surface area contributed by atoms with E-state index in [4.69, 9.17) is 4.79 Å². The molecule has 1 unspecified atom stereocenters. The second-order valence-corrected chi connectivity index (χ2v) is 14.0. The van der Waals surface area contributed by atoms with Gasteiger partial charge in [0.05, 0.1) is 56.5 Å². The van der Waals surface area contributed by atoms with Crippen molar-refractivity contribution in [1.29, 1.82) is 0 Å². The third-order valence-electron chi connectivity index (χ3n) is 6.12. The summed E-state index contributed by atoms with van der Waals surface area (Å²) in [6.45, 7) is 6.51. The first-order valence-corrected chi connectivity index (χ1v) is 19.1. The van der Waals surface area contributed by atoms with E-state index in [0.29, 0.717) is 0 Å². The van der Waals surface area contributed by atoms with Crippen LogP contribution >= 0.6 is 25.5 Å². The number of rotatable bonds is 11. The van der Waals surface area contributed by atoms with Gasteiger partial charge in [0.2, 0.25) is 0 Å². The Hall–Kier alpha value is -2.32. The van der Waals surface area contributed by atoms with E-state index in [9.17, 15) is 9.18 Å². The molecule has 4 aromatic rings. The molecule has 0 saturated heterocycles. The number of hydrogen-bond acceptors (Lipinski definition) is 4. The van der Waals surface area contributed by atoms with Gasteiger partial charge < -0.3 is 14.8 Å². The molecule has 0 aliphatic heterocycles. The third-order valence-corrected chi connectivity index (χ3v) is 11.7. The molecule has 0 heterocycles. The first-order chi connectivity index (χ1) is 20.6. The van der Waals surface area contributed by atoms with Crippen LogP contribution in [0.2, 0.25) is 0 Å². The van der Waals surface area contributed by atoms with Crippen molar-refractivity contribution in [3.05, 3.63) is 121 Å². The number of alkyl halides is 1. The van der Waals surface area contributed by atoms with Crippen LogP contribution < -0.4 is 26.5 Å². The Kier molecular flexibility index (Phi) is 21.7. The second-order valence-electron chi connectivity index (χ2n) is 8.81. The molecule has 4 nitrogen and oxygen atoms in total. The molecule has 0 saturated carbocycles.